The summed E-state index contributed by atoms with van der Waals surface area (Å²) in [5.74, 6) is 0.442. The number of aryl methyl sites for hydroxylation is 2. The van der Waals surface area contributed by atoms with Crippen molar-refractivity contribution >= 4 is 11.6 Å². The summed E-state index contributed by atoms with van der Waals surface area (Å²) in [4.78, 5) is 12.6. The van der Waals surface area contributed by atoms with Gasteiger partial charge in [0.15, 0.2) is 5.96 Å². The van der Waals surface area contributed by atoms with E-state index in [1.165, 1.54) is 24.0 Å². The molecule has 0 fully saturated rings. The van der Waals surface area contributed by atoms with Crippen LogP contribution < -0.4 is 11.1 Å². The minimum absolute atomic E-state index is 0.442. The lowest BCUT2D eigenvalue weighted by atomic mass is 10.1. The fraction of sp³-hybridized carbons (Fsp3) is 0.312. The van der Waals surface area contributed by atoms with Crippen LogP contribution in [0.3, 0.4) is 0 Å². The maximum absolute atomic E-state index is 5.92. The van der Waals surface area contributed by atoms with Gasteiger partial charge in [0.25, 0.3) is 0 Å². The fourth-order valence-corrected chi connectivity index (χ4v) is 2.59. The molecule has 1 aromatic heterocycles. The van der Waals surface area contributed by atoms with Crippen LogP contribution in [0.2, 0.25) is 0 Å². The Morgan fingerprint density at radius 2 is 2.14 bits per heavy atom. The van der Waals surface area contributed by atoms with Gasteiger partial charge in [0.2, 0.25) is 0 Å². The molecular weight excluding hydrogens is 262 g/mol. The van der Waals surface area contributed by atoms with Crippen molar-refractivity contribution in [1.29, 1.82) is 0 Å². The van der Waals surface area contributed by atoms with E-state index in [2.05, 4.69) is 38.5 Å². The van der Waals surface area contributed by atoms with Crippen molar-refractivity contribution in [1.82, 2.24) is 9.97 Å². The van der Waals surface area contributed by atoms with Crippen LogP contribution in [0.15, 0.2) is 41.8 Å². The summed E-state index contributed by atoms with van der Waals surface area (Å²) in [5.41, 5.74) is 10.7. The maximum Gasteiger partial charge on any atom is 0.193 e. The molecule has 21 heavy (non-hydrogen) atoms. The number of anilines is 1. The Hall–Kier alpha value is -2.43. The van der Waals surface area contributed by atoms with Crippen molar-refractivity contribution in [2.75, 3.05) is 11.9 Å². The number of aliphatic imine (C=N–C) groups is 1. The molecule has 0 amide bonds. The molecule has 1 aromatic carbocycles. The second kappa shape index (κ2) is 6.35. The molecule has 3 N–H and O–H groups in total. The van der Waals surface area contributed by atoms with Gasteiger partial charge in [0.05, 0.1) is 5.69 Å². The van der Waals surface area contributed by atoms with Crippen LogP contribution in [0, 0.1) is 0 Å². The molecule has 0 unspecified atom stereocenters. The highest BCUT2D eigenvalue weighted by atomic mass is 15.1. The Balaban J connectivity index is 1.56. The summed E-state index contributed by atoms with van der Waals surface area (Å²) in [6.07, 6.45) is 9.44. The Kier molecular flexibility index (Phi) is 4.09. The molecule has 1 aliphatic carbocycles. The zero-order valence-electron chi connectivity index (χ0n) is 11.9. The fourth-order valence-electron chi connectivity index (χ4n) is 2.59. The molecule has 0 bridgehead atoms. The highest BCUT2D eigenvalue weighted by molar-refractivity contribution is 5.92. The van der Waals surface area contributed by atoms with E-state index < -0.39 is 0 Å². The molecule has 0 saturated heterocycles. The molecule has 0 atom stereocenters. The Bertz CT molecular complexity index is 636. The van der Waals surface area contributed by atoms with E-state index in [1.54, 1.807) is 18.6 Å². The second-order valence-electron chi connectivity index (χ2n) is 5.18. The van der Waals surface area contributed by atoms with Gasteiger partial charge >= 0.3 is 0 Å². The number of hydrogen-bond donors (Lipinski definition) is 2. The summed E-state index contributed by atoms with van der Waals surface area (Å²) in [7, 11) is 0. The maximum atomic E-state index is 5.92. The van der Waals surface area contributed by atoms with Gasteiger partial charge < -0.3 is 11.1 Å². The molecule has 0 radical (unpaired) electrons. The number of nitrogens with zero attached hydrogens (tertiary/aromatic N) is 3. The van der Waals surface area contributed by atoms with E-state index in [-0.39, 0.29) is 0 Å². The first-order valence-corrected chi connectivity index (χ1v) is 7.25. The Morgan fingerprint density at radius 1 is 1.24 bits per heavy atom. The summed E-state index contributed by atoms with van der Waals surface area (Å²) in [6.45, 7) is 0.600. The van der Waals surface area contributed by atoms with E-state index >= 15 is 0 Å². The van der Waals surface area contributed by atoms with Crippen LogP contribution in [-0.2, 0) is 19.3 Å². The van der Waals surface area contributed by atoms with E-state index in [0.29, 0.717) is 12.5 Å². The van der Waals surface area contributed by atoms with Crippen LogP contribution in [0.1, 0.15) is 23.2 Å². The lowest BCUT2D eigenvalue weighted by Crippen LogP contribution is -2.23. The smallest absolute Gasteiger partial charge is 0.193 e. The van der Waals surface area contributed by atoms with Crippen LogP contribution in [0.5, 0.6) is 0 Å². The Morgan fingerprint density at radius 3 is 3.00 bits per heavy atom. The van der Waals surface area contributed by atoms with Crippen molar-refractivity contribution in [3.8, 4) is 0 Å². The van der Waals surface area contributed by atoms with Crippen LogP contribution in [0.4, 0.5) is 5.69 Å². The van der Waals surface area contributed by atoms with Crippen molar-refractivity contribution < 1.29 is 0 Å². The quantitative estimate of drug-likeness (QED) is 0.663. The zero-order chi connectivity index (χ0) is 14.5. The largest absolute Gasteiger partial charge is 0.370 e. The molecule has 3 rings (SSSR count). The number of fused-ring (bicyclic) bond motifs is 1. The van der Waals surface area contributed by atoms with Crippen LogP contribution in [0.25, 0.3) is 0 Å². The molecule has 0 saturated carbocycles. The third-order valence-corrected chi connectivity index (χ3v) is 3.64. The lowest BCUT2D eigenvalue weighted by molar-refractivity contribution is 0.906. The molecule has 5 heteroatoms. The number of aromatic nitrogens is 2. The first-order valence-electron chi connectivity index (χ1n) is 7.25. The molecule has 1 heterocycles. The molecule has 0 aliphatic heterocycles. The molecular formula is C16H19N5. The van der Waals surface area contributed by atoms with Crippen molar-refractivity contribution in [3.63, 3.8) is 0 Å². The number of guanidine groups is 1. The Labute approximate surface area is 124 Å². The number of rotatable bonds is 4. The predicted molar refractivity (Wildman–Crippen MR) is 84.3 cm³/mol. The van der Waals surface area contributed by atoms with Crippen molar-refractivity contribution in [2.45, 2.75) is 25.7 Å². The van der Waals surface area contributed by atoms with Gasteiger partial charge in [-0.05, 0) is 42.5 Å². The van der Waals surface area contributed by atoms with E-state index in [0.717, 1.165) is 24.2 Å². The lowest BCUT2D eigenvalue weighted by Gasteiger charge is -2.07. The highest BCUT2D eigenvalue weighted by Gasteiger charge is 2.10. The molecule has 1 aliphatic rings. The predicted octanol–water partition coefficient (Wildman–Crippen LogP) is 1.93. The van der Waals surface area contributed by atoms with Gasteiger partial charge in [-0.1, -0.05) is 6.07 Å². The third-order valence-electron chi connectivity index (χ3n) is 3.64. The topological polar surface area (TPSA) is 76.2 Å². The summed E-state index contributed by atoms with van der Waals surface area (Å²) in [5, 5.41) is 3.15. The second-order valence-corrected chi connectivity index (χ2v) is 5.18. The molecule has 0 spiro atoms. The van der Waals surface area contributed by atoms with Crippen LogP contribution >= 0.6 is 0 Å². The summed E-state index contributed by atoms with van der Waals surface area (Å²) < 4.78 is 0. The molecule has 2 aromatic rings. The molecule has 5 nitrogen and oxygen atoms in total. The number of hydrogen-bond acceptors (Lipinski definition) is 3. The first kappa shape index (κ1) is 13.5. The molecule has 108 valence electrons. The van der Waals surface area contributed by atoms with Gasteiger partial charge in [0, 0.05) is 37.2 Å². The third kappa shape index (κ3) is 3.56. The van der Waals surface area contributed by atoms with Gasteiger partial charge in [-0.3, -0.25) is 15.0 Å². The average molecular weight is 281 g/mol. The van der Waals surface area contributed by atoms with E-state index in [1.807, 2.05) is 0 Å². The van der Waals surface area contributed by atoms with Crippen LogP contribution in [-0.4, -0.2) is 22.5 Å². The average Bonchev–Trinajstić information content (AvgIpc) is 2.96. The standard InChI is InChI=1S/C16H19N5/c17-16(20-7-6-15-11-18-8-9-19-15)21-14-5-4-12-2-1-3-13(12)10-14/h4-5,8-11H,1-3,6-7H2,(H3,17,20,21). The van der Waals surface area contributed by atoms with Gasteiger partial charge in [-0.2, -0.15) is 0 Å². The number of benzene rings is 1. The summed E-state index contributed by atoms with van der Waals surface area (Å²) >= 11 is 0. The zero-order valence-corrected chi connectivity index (χ0v) is 11.9. The first-order chi connectivity index (χ1) is 10.3. The van der Waals surface area contributed by atoms with Crippen molar-refractivity contribution in [3.05, 3.63) is 53.6 Å². The van der Waals surface area contributed by atoms with Gasteiger partial charge in [-0.25, -0.2) is 0 Å². The number of nitrogens with two attached hydrogens (primary N) is 1. The van der Waals surface area contributed by atoms with E-state index in [4.69, 9.17) is 5.73 Å². The SMILES string of the molecule is NC(=NCCc1cnccn1)Nc1ccc2c(c1)CCC2. The number of nitrogens with one attached hydrogen (secondary N) is 1. The minimum atomic E-state index is 0.442. The van der Waals surface area contributed by atoms with E-state index in [9.17, 15) is 0 Å². The van der Waals surface area contributed by atoms with Gasteiger partial charge in [-0.15, -0.1) is 0 Å². The minimum Gasteiger partial charge on any atom is -0.370 e. The highest BCUT2D eigenvalue weighted by Crippen LogP contribution is 2.24. The van der Waals surface area contributed by atoms with Gasteiger partial charge in [0.1, 0.15) is 0 Å². The normalized spacial score (nSPS) is 14.0. The summed E-state index contributed by atoms with van der Waals surface area (Å²) in [6, 6.07) is 6.42. The monoisotopic (exact) mass is 281 g/mol. The van der Waals surface area contributed by atoms with Crippen molar-refractivity contribution in [2.24, 2.45) is 10.7 Å².